The molecule has 90 valence electrons. The van der Waals surface area contributed by atoms with Crippen molar-refractivity contribution in [3.63, 3.8) is 0 Å². The summed E-state index contributed by atoms with van der Waals surface area (Å²) in [5.41, 5.74) is 1.65. The number of hydrogen-bond donors (Lipinski definition) is 2. The number of anilines is 1. The highest BCUT2D eigenvalue weighted by Crippen LogP contribution is 2.37. The lowest BCUT2D eigenvalue weighted by molar-refractivity contribution is -0.117. The Hall–Kier alpha value is -1.55. The number of carbonyl (C=O) groups is 1. The van der Waals surface area contributed by atoms with Gasteiger partial charge in [-0.05, 0) is 31.0 Å². The largest absolute Gasteiger partial charge is 0.506 e. The zero-order valence-electron chi connectivity index (χ0n) is 9.65. The topological polar surface area (TPSA) is 52.6 Å². The predicted molar refractivity (Wildman–Crippen MR) is 65.2 cm³/mol. The van der Waals surface area contributed by atoms with Gasteiger partial charge >= 0.3 is 0 Å². The molecule has 0 aliphatic carbocycles. The number of nitrogens with zero attached hydrogens (tertiary/aromatic N) is 1. The fourth-order valence-corrected chi connectivity index (χ4v) is 2.74. The molecule has 1 aromatic rings. The molecule has 1 fully saturated rings. The van der Waals surface area contributed by atoms with Gasteiger partial charge in [-0.1, -0.05) is 12.1 Å². The lowest BCUT2D eigenvalue weighted by atomic mass is 10.1. The number of carbonyl (C=O) groups excluding carboxylic acids is 1. The van der Waals surface area contributed by atoms with Gasteiger partial charge in [0.05, 0.1) is 12.1 Å². The van der Waals surface area contributed by atoms with Gasteiger partial charge in [-0.25, -0.2) is 0 Å². The number of benzene rings is 1. The van der Waals surface area contributed by atoms with Crippen LogP contribution < -0.4 is 10.2 Å². The molecule has 3 rings (SSSR count). The van der Waals surface area contributed by atoms with Crippen LogP contribution in [0, 0.1) is 0 Å². The molecule has 4 heteroatoms. The highest BCUT2D eigenvalue weighted by Gasteiger charge is 2.31. The lowest BCUT2D eigenvalue weighted by Gasteiger charge is -2.22. The van der Waals surface area contributed by atoms with Crippen molar-refractivity contribution < 1.29 is 9.90 Å². The summed E-state index contributed by atoms with van der Waals surface area (Å²) in [7, 11) is 0. The molecule has 2 N–H and O–H groups in total. The van der Waals surface area contributed by atoms with Gasteiger partial charge in [0.25, 0.3) is 0 Å². The molecule has 1 saturated heterocycles. The first-order valence-corrected chi connectivity index (χ1v) is 6.10. The van der Waals surface area contributed by atoms with Gasteiger partial charge in [0.1, 0.15) is 5.75 Å². The molecular weight excluding hydrogens is 216 g/mol. The summed E-state index contributed by atoms with van der Waals surface area (Å²) in [5.74, 6) is 0.307. The van der Waals surface area contributed by atoms with Crippen LogP contribution in [-0.4, -0.2) is 30.1 Å². The van der Waals surface area contributed by atoms with Crippen molar-refractivity contribution in [1.82, 2.24) is 5.32 Å². The first kappa shape index (κ1) is 10.6. The molecule has 1 amide bonds. The molecule has 0 bridgehead atoms. The molecule has 0 radical (unpaired) electrons. The third-order valence-corrected chi connectivity index (χ3v) is 3.58. The second-order valence-electron chi connectivity index (χ2n) is 4.76. The number of fused-ring (bicyclic) bond motifs is 1. The van der Waals surface area contributed by atoms with E-state index in [9.17, 15) is 9.90 Å². The number of nitrogens with one attached hydrogen (secondary N) is 1. The number of amides is 1. The first-order chi connectivity index (χ1) is 8.25. The molecule has 2 aliphatic heterocycles. The van der Waals surface area contributed by atoms with Crippen LogP contribution in [0.15, 0.2) is 18.2 Å². The number of phenols is 1. The Morgan fingerprint density at radius 2 is 2.35 bits per heavy atom. The van der Waals surface area contributed by atoms with Crippen molar-refractivity contribution in [2.45, 2.75) is 25.3 Å². The summed E-state index contributed by atoms with van der Waals surface area (Å²) in [4.78, 5) is 13.7. The summed E-state index contributed by atoms with van der Waals surface area (Å²) in [5, 5.41) is 13.3. The van der Waals surface area contributed by atoms with Gasteiger partial charge in [0, 0.05) is 12.6 Å². The first-order valence-electron chi connectivity index (χ1n) is 6.10. The Morgan fingerprint density at radius 1 is 1.47 bits per heavy atom. The van der Waals surface area contributed by atoms with Crippen molar-refractivity contribution in [2.24, 2.45) is 0 Å². The fraction of sp³-hybridized carbons (Fsp3) is 0.462. The van der Waals surface area contributed by atoms with E-state index in [2.05, 4.69) is 5.32 Å². The maximum Gasteiger partial charge on any atom is 0.231 e. The minimum Gasteiger partial charge on any atom is -0.506 e. The van der Waals surface area contributed by atoms with E-state index < -0.39 is 0 Å². The Balaban J connectivity index is 1.88. The zero-order valence-corrected chi connectivity index (χ0v) is 9.65. The molecule has 2 heterocycles. The van der Waals surface area contributed by atoms with Crippen molar-refractivity contribution in [1.29, 1.82) is 0 Å². The van der Waals surface area contributed by atoms with E-state index in [1.54, 1.807) is 17.0 Å². The Kier molecular flexibility index (Phi) is 2.52. The third kappa shape index (κ3) is 1.78. The van der Waals surface area contributed by atoms with Crippen LogP contribution in [0.2, 0.25) is 0 Å². The van der Waals surface area contributed by atoms with E-state index in [1.165, 1.54) is 6.42 Å². The van der Waals surface area contributed by atoms with Crippen LogP contribution in [0.25, 0.3) is 0 Å². The maximum absolute atomic E-state index is 12.0. The summed E-state index contributed by atoms with van der Waals surface area (Å²) in [6.45, 7) is 1.70. The summed E-state index contributed by atoms with van der Waals surface area (Å²) in [6.07, 6.45) is 2.68. The highest BCUT2D eigenvalue weighted by atomic mass is 16.3. The summed E-state index contributed by atoms with van der Waals surface area (Å²) < 4.78 is 0. The monoisotopic (exact) mass is 232 g/mol. The standard InChI is InChI=1S/C13H16N2O2/c16-11-5-1-3-9-7-12(17)15(13(9)11)8-10-4-2-6-14-10/h1,3,5,10,14,16H,2,4,6-8H2. The van der Waals surface area contributed by atoms with Gasteiger partial charge in [-0.3, -0.25) is 4.79 Å². The maximum atomic E-state index is 12.0. The van der Waals surface area contributed by atoms with E-state index in [0.29, 0.717) is 24.7 Å². The molecule has 1 atom stereocenters. The Labute approximate surface area is 100 Å². The minimum atomic E-state index is 0.0928. The molecule has 0 spiro atoms. The second-order valence-corrected chi connectivity index (χ2v) is 4.76. The molecule has 1 aromatic carbocycles. The van der Waals surface area contributed by atoms with Crippen molar-refractivity contribution in [3.8, 4) is 5.75 Å². The van der Waals surface area contributed by atoms with Gasteiger partial charge < -0.3 is 15.3 Å². The quantitative estimate of drug-likeness (QED) is 0.801. The molecule has 1 unspecified atom stereocenters. The van der Waals surface area contributed by atoms with Crippen LogP contribution in [-0.2, 0) is 11.2 Å². The van der Waals surface area contributed by atoms with Crippen LogP contribution in [0.4, 0.5) is 5.69 Å². The third-order valence-electron chi connectivity index (χ3n) is 3.58. The highest BCUT2D eigenvalue weighted by molar-refractivity contribution is 6.03. The zero-order chi connectivity index (χ0) is 11.8. The van der Waals surface area contributed by atoms with Crippen LogP contribution >= 0.6 is 0 Å². The average Bonchev–Trinajstić information content (AvgIpc) is 2.89. The number of aromatic hydroxyl groups is 1. The number of hydrogen-bond acceptors (Lipinski definition) is 3. The number of phenolic OH excluding ortho intramolecular Hbond substituents is 1. The van der Waals surface area contributed by atoms with E-state index in [-0.39, 0.29) is 11.7 Å². The lowest BCUT2D eigenvalue weighted by Crippen LogP contribution is -2.39. The molecule has 0 aromatic heterocycles. The Morgan fingerprint density at radius 3 is 3.12 bits per heavy atom. The van der Waals surface area contributed by atoms with Crippen LogP contribution in [0.3, 0.4) is 0 Å². The van der Waals surface area contributed by atoms with Gasteiger partial charge in [0.2, 0.25) is 5.91 Å². The van der Waals surface area contributed by atoms with Gasteiger partial charge in [0.15, 0.2) is 0 Å². The number of rotatable bonds is 2. The van der Waals surface area contributed by atoms with Crippen LogP contribution in [0.1, 0.15) is 18.4 Å². The smallest absolute Gasteiger partial charge is 0.231 e. The average molecular weight is 232 g/mol. The molecule has 4 nitrogen and oxygen atoms in total. The minimum absolute atomic E-state index is 0.0928. The molecular formula is C13H16N2O2. The molecule has 2 aliphatic rings. The van der Waals surface area contributed by atoms with Gasteiger partial charge in [-0.2, -0.15) is 0 Å². The Bertz CT molecular complexity index is 453. The van der Waals surface area contributed by atoms with E-state index in [1.807, 2.05) is 6.07 Å². The van der Waals surface area contributed by atoms with E-state index in [4.69, 9.17) is 0 Å². The number of para-hydroxylation sites is 1. The SMILES string of the molecule is O=C1Cc2cccc(O)c2N1CC1CCCN1. The van der Waals surface area contributed by atoms with Crippen molar-refractivity contribution in [2.75, 3.05) is 18.0 Å². The normalized spacial score (nSPS) is 23.2. The van der Waals surface area contributed by atoms with Crippen molar-refractivity contribution >= 4 is 11.6 Å². The summed E-state index contributed by atoms with van der Waals surface area (Å²) in [6, 6.07) is 5.71. The second kappa shape index (κ2) is 4.04. The van der Waals surface area contributed by atoms with E-state index >= 15 is 0 Å². The van der Waals surface area contributed by atoms with E-state index in [0.717, 1.165) is 18.5 Å². The molecule has 17 heavy (non-hydrogen) atoms. The fourth-order valence-electron chi connectivity index (χ4n) is 2.74. The summed E-state index contributed by atoms with van der Waals surface area (Å²) >= 11 is 0. The van der Waals surface area contributed by atoms with Crippen molar-refractivity contribution in [3.05, 3.63) is 23.8 Å². The predicted octanol–water partition coefficient (Wildman–Crippen LogP) is 1.03. The molecule has 0 saturated carbocycles. The van der Waals surface area contributed by atoms with Crippen LogP contribution in [0.5, 0.6) is 5.75 Å². The van der Waals surface area contributed by atoms with Gasteiger partial charge in [-0.15, -0.1) is 0 Å².